The zero-order chi connectivity index (χ0) is 17.2. The van der Waals surface area contributed by atoms with E-state index in [1.807, 2.05) is 18.2 Å². The first-order chi connectivity index (χ1) is 12.2. The lowest BCUT2D eigenvalue weighted by molar-refractivity contribution is -0.137. The van der Waals surface area contributed by atoms with Crippen molar-refractivity contribution in [1.82, 2.24) is 5.32 Å². The molecule has 2 saturated carbocycles. The molecule has 1 aliphatic heterocycles. The van der Waals surface area contributed by atoms with Gasteiger partial charge in [0.2, 0.25) is 5.91 Å². The van der Waals surface area contributed by atoms with E-state index in [0.717, 1.165) is 55.6 Å². The number of benzene rings is 1. The predicted octanol–water partition coefficient (Wildman–Crippen LogP) is 2.51. The van der Waals surface area contributed by atoms with E-state index >= 15 is 0 Å². The van der Waals surface area contributed by atoms with Gasteiger partial charge < -0.3 is 14.8 Å². The molecule has 5 heteroatoms. The Balaban J connectivity index is 1.28. The van der Waals surface area contributed by atoms with E-state index in [2.05, 4.69) is 5.32 Å². The highest BCUT2D eigenvalue weighted by molar-refractivity contribution is 5.88. The highest BCUT2D eigenvalue weighted by Gasteiger charge is 2.41. The summed E-state index contributed by atoms with van der Waals surface area (Å²) in [6.45, 7) is 1.78. The number of amides is 1. The van der Waals surface area contributed by atoms with Gasteiger partial charge >= 0.3 is 0 Å². The topological polar surface area (TPSA) is 64.6 Å². The van der Waals surface area contributed by atoms with E-state index in [1.54, 1.807) is 0 Å². The fourth-order valence-corrected chi connectivity index (χ4v) is 4.41. The van der Waals surface area contributed by atoms with Crippen LogP contribution in [0.5, 0.6) is 11.5 Å². The second-order valence-electron chi connectivity index (χ2n) is 7.41. The zero-order valence-electron chi connectivity index (χ0n) is 14.5. The maximum Gasteiger partial charge on any atom is 0.223 e. The van der Waals surface area contributed by atoms with Crippen LogP contribution >= 0.6 is 0 Å². The van der Waals surface area contributed by atoms with E-state index < -0.39 is 0 Å². The molecule has 2 bridgehead atoms. The van der Waals surface area contributed by atoms with Crippen LogP contribution in [0.3, 0.4) is 0 Å². The SMILES string of the molecule is O=C(NCCc1ccc2c(c1)OCCO2)C1C[C@H]2CCC[C@@H](C1)C2=O. The van der Waals surface area contributed by atoms with Gasteiger partial charge in [-0.15, -0.1) is 0 Å². The number of carbonyl (C=O) groups is 2. The first-order valence-electron chi connectivity index (χ1n) is 9.40. The number of fused-ring (bicyclic) bond motifs is 3. The number of hydrogen-bond donors (Lipinski definition) is 1. The molecule has 2 fully saturated rings. The van der Waals surface area contributed by atoms with Gasteiger partial charge in [-0.2, -0.15) is 0 Å². The molecule has 134 valence electrons. The Kier molecular flexibility index (Phi) is 4.64. The molecule has 5 nitrogen and oxygen atoms in total. The Bertz CT molecular complexity index is 656. The quantitative estimate of drug-likeness (QED) is 0.912. The minimum atomic E-state index is 0.00765. The van der Waals surface area contributed by atoms with Gasteiger partial charge in [0, 0.05) is 24.3 Å². The fourth-order valence-electron chi connectivity index (χ4n) is 4.41. The smallest absolute Gasteiger partial charge is 0.223 e. The molecule has 0 spiro atoms. The van der Waals surface area contributed by atoms with Crippen molar-refractivity contribution in [3.63, 3.8) is 0 Å². The van der Waals surface area contributed by atoms with E-state index in [1.165, 1.54) is 0 Å². The van der Waals surface area contributed by atoms with Crippen molar-refractivity contribution in [2.45, 2.75) is 38.5 Å². The molecule has 1 aromatic carbocycles. The van der Waals surface area contributed by atoms with Gasteiger partial charge in [0.1, 0.15) is 19.0 Å². The molecule has 1 amide bonds. The molecular formula is C20H25NO4. The number of Topliss-reactive ketones (excluding diaryl/α,β-unsaturated/α-hetero) is 1. The largest absolute Gasteiger partial charge is 0.486 e. The maximum absolute atomic E-state index is 12.5. The standard InChI is InChI=1S/C20H25NO4/c22-19-14-2-1-3-15(19)12-16(11-14)20(23)21-7-6-13-4-5-17-18(10-13)25-9-8-24-17/h4-5,10,14-16H,1-3,6-9,11-12H2,(H,21,23)/t14-,15+,16?. The highest BCUT2D eigenvalue weighted by Crippen LogP contribution is 2.40. The minimum absolute atomic E-state index is 0.00765. The summed E-state index contributed by atoms with van der Waals surface area (Å²) in [6, 6.07) is 5.94. The number of rotatable bonds is 4. The van der Waals surface area contributed by atoms with Gasteiger partial charge in [-0.25, -0.2) is 0 Å². The van der Waals surface area contributed by atoms with Crippen molar-refractivity contribution in [3.05, 3.63) is 23.8 Å². The summed E-state index contributed by atoms with van der Waals surface area (Å²) >= 11 is 0. The van der Waals surface area contributed by atoms with Gasteiger partial charge in [0.15, 0.2) is 11.5 Å². The number of hydrogen-bond acceptors (Lipinski definition) is 4. The van der Waals surface area contributed by atoms with E-state index in [-0.39, 0.29) is 23.7 Å². The summed E-state index contributed by atoms with van der Waals surface area (Å²) in [5, 5.41) is 3.06. The van der Waals surface area contributed by atoms with Crippen LogP contribution in [-0.2, 0) is 16.0 Å². The van der Waals surface area contributed by atoms with Crippen LogP contribution in [0, 0.1) is 17.8 Å². The second-order valence-corrected chi connectivity index (χ2v) is 7.41. The molecule has 1 N–H and O–H groups in total. The molecule has 1 aromatic rings. The Labute approximate surface area is 148 Å². The third-order valence-electron chi connectivity index (χ3n) is 5.74. The van der Waals surface area contributed by atoms with Crippen molar-refractivity contribution >= 4 is 11.7 Å². The van der Waals surface area contributed by atoms with Crippen molar-refractivity contribution in [2.24, 2.45) is 17.8 Å². The third-order valence-corrected chi connectivity index (χ3v) is 5.74. The molecule has 1 heterocycles. The minimum Gasteiger partial charge on any atom is -0.486 e. The number of ether oxygens (including phenoxy) is 2. The molecule has 25 heavy (non-hydrogen) atoms. The highest BCUT2D eigenvalue weighted by atomic mass is 16.6. The third kappa shape index (κ3) is 3.51. The number of carbonyl (C=O) groups excluding carboxylic acids is 2. The molecule has 0 saturated heterocycles. The van der Waals surface area contributed by atoms with E-state index in [4.69, 9.17) is 9.47 Å². The first kappa shape index (κ1) is 16.4. The predicted molar refractivity (Wildman–Crippen MR) is 92.7 cm³/mol. The lowest BCUT2D eigenvalue weighted by Gasteiger charge is -2.36. The molecule has 3 atom stereocenters. The normalized spacial score (nSPS) is 27.7. The van der Waals surface area contributed by atoms with Gasteiger partial charge in [-0.3, -0.25) is 9.59 Å². The van der Waals surface area contributed by atoms with E-state index in [0.29, 0.717) is 25.5 Å². The lowest BCUT2D eigenvalue weighted by atomic mass is 9.67. The second kappa shape index (κ2) is 7.06. The molecule has 1 unspecified atom stereocenters. The molecule has 0 aromatic heterocycles. The van der Waals surface area contributed by atoms with Gasteiger partial charge in [0.05, 0.1) is 0 Å². The Morgan fingerprint density at radius 1 is 1.08 bits per heavy atom. The van der Waals surface area contributed by atoms with Crippen molar-refractivity contribution < 1.29 is 19.1 Å². The Morgan fingerprint density at radius 3 is 2.56 bits per heavy atom. The van der Waals surface area contributed by atoms with Crippen molar-refractivity contribution in [2.75, 3.05) is 19.8 Å². The summed E-state index contributed by atoms with van der Waals surface area (Å²) in [7, 11) is 0. The van der Waals surface area contributed by atoms with Crippen LogP contribution in [0.2, 0.25) is 0 Å². The van der Waals surface area contributed by atoms with Gasteiger partial charge in [0.25, 0.3) is 0 Å². The lowest BCUT2D eigenvalue weighted by Crippen LogP contribution is -2.42. The molecule has 0 radical (unpaired) electrons. The summed E-state index contributed by atoms with van der Waals surface area (Å²) in [4.78, 5) is 24.6. The van der Waals surface area contributed by atoms with Gasteiger partial charge in [-0.1, -0.05) is 12.5 Å². The summed E-state index contributed by atoms with van der Waals surface area (Å²) in [6.07, 6.45) is 5.32. The maximum atomic E-state index is 12.5. The zero-order valence-corrected chi connectivity index (χ0v) is 14.5. The number of ketones is 1. The van der Waals surface area contributed by atoms with Crippen LogP contribution in [0.25, 0.3) is 0 Å². The van der Waals surface area contributed by atoms with Crippen molar-refractivity contribution in [1.29, 1.82) is 0 Å². The average molecular weight is 343 g/mol. The average Bonchev–Trinajstić information content (AvgIpc) is 2.61. The Morgan fingerprint density at radius 2 is 1.80 bits per heavy atom. The summed E-state index contributed by atoms with van der Waals surface area (Å²) < 4.78 is 11.1. The molecule has 2 aliphatic carbocycles. The Hall–Kier alpha value is -2.04. The molecular weight excluding hydrogens is 318 g/mol. The first-order valence-corrected chi connectivity index (χ1v) is 9.40. The van der Waals surface area contributed by atoms with Crippen LogP contribution in [-0.4, -0.2) is 31.4 Å². The van der Waals surface area contributed by atoms with Gasteiger partial charge in [-0.05, 0) is 49.8 Å². The number of nitrogens with one attached hydrogen (secondary N) is 1. The van der Waals surface area contributed by atoms with Crippen LogP contribution in [0.4, 0.5) is 0 Å². The fraction of sp³-hybridized carbons (Fsp3) is 0.600. The van der Waals surface area contributed by atoms with Crippen molar-refractivity contribution in [3.8, 4) is 11.5 Å². The molecule has 4 rings (SSSR count). The van der Waals surface area contributed by atoms with Crippen LogP contribution < -0.4 is 14.8 Å². The molecule has 3 aliphatic rings. The van der Waals surface area contributed by atoms with E-state index in [9.17, 15) is 9.59 Å². The summed E-state index contributed by atoms with van der Waals surface area (Å²) in [5.41, 5.74) is 1.13. The van der Waals surface area contributed by atoms with Crippen LogP contribution in [0.1, 0.15) is 37.7 Å². The van der Waals surface area contributed by atoms with Crippen LogP contribution in [0.15, 0.2) is 18.2 Å². The summed E-state index contributed by atoms with van der Waals surface area (Å²) in [5.74, 6) is 2.36. The monoisotopic (exact) mass is 343 g/mol.